The summed E-state index contributed by atoms with van der Waals surface area (Å²) in [6.45, 7) is 4.38. The van der Waals surface area contributed by atoms with Crippen LogP contribution in [0.2, 0.25) is 0 Å². The van der Waals surface area contributed by atoms with Crippen molar-refractivity contribution >= 4 is 27.0 Å². The third kappa shape index (κ3) is 5.57. The van der Waals surface area contributed by atoms with Crippen LogP contribution in [0.3, 0.4) is 0 Å². The zero-order chi connectivity index (χ0) is 24.0. The molecule has 182 valence electrons. The molecule has 1 saturated heterocycles. The van der Waals surface area contributed by atoms with E-state index in [1.807, 2.05) is 41.8 Å². The highest BCUT2D eigenvalue weighted by Crippen LogP contribution is 2.24. The second kappa shape index (κ2) is 11.0. The lowest BCUT2D eigenvalue weighted by Crippen LogP contribution is -2.40. The number of imidazole rings is 1. The maximum absolute atomic E-state index is 13.0. The van der Waals surface area contributed by atoms with Crippen LogP contribution >= 0.6 is 0 Å². The number of hydrogen-bond acceptors (Lipinski definition) is 7. The van der Waals surface area contributed by atoms with Gasteiger partial charge in [-0.3, -0.25) is 4.79 Å². The van der Waals surface area contributed by atoms with Gasteiger partial charge in [-0.15, -0.1) is 0 Å². The summed E-state index contributed by atoms with van der Waals surface area (Å²) in [6.07, 6.45) is 0.968. The summed E-state index contributed by atoms with van der Waals surface area (Å²) < 4.78 is 45.7. The molecule has 0 atom stereocenters. The fourth-order valence-corrected chi connectivity index (χ4v) is 5.25. The topological polar surface area (TPSA) is 100.0 Å². The van der Waals surface area contributed by atoms with Crippen LogP contribution in [0.15, 0.2) is 53.4 Å². The van der Waals surface area contributed by atoms with Crippen LogP contribution < -0.4 is 4.74 Å². The second-order valence-electron chi connectivity index (χ2n) is 7.92. The lowest BCUT2D eigenvalue weighted by molar-refractivity contribution is -0.145. The lowest BCUT2D eigenvalue weighted by Gasteiger charge is -2.26. The number of nitrogens with zero attached hydrogens (tertiary/aromatic N) is 3. The Morgan fingerprint density at radius 1 is 1.12 bits per heavy atom. The van der Waals surface area contributed by atoms with Crippen LogP contribution in [-0.2, 0) is 37.4 Å². The number of aromatic nitrogens is 2. The first-order valence-electron chi connectivity index (χ1n) is 11.4. The highest BCUT2D eigenvalue weighted by molar-refractivity contribution is 7.89. The van der Waals surface area contributed by atoms with Crippen molar-refractivity contribution in [1.82, 2.24) is 13.9 Å². The summed E-state index contributed by atoms with van der Waals surface area (Å²) in [7, 11) is -3.62. The fraction of sp³-hybridized carbons (Fsp3) is 0.417. The fourth-order valence-electron chi connectivity index (χ4n) is 3.83. The highest BCUT2D eigenvalue weighted by Gasteiger charge is 2.27. The minimum Gasteiger partial charge on any atom is -0.493 e. The maximum atomic E-state index is 13.0. The molecule has 3 aromatic rings. The van der Waals surface area contributed by atoms with E-state index in [-0.39, 0.29) is 30.5 Å². The molecule has 9 nitrogen and oxygen atoms in total. The van der Waals surface area contributed by atoms with Gasteiger partial charge in [-0.05, 0) is 36.8 Å². The predicted molar refractivity (Wildman–Crippen MR) is 126 cm³/mol. The van der Waals surface area contributed by atoms with Crippen molar-refractivity contribution in [2.45, 2.75) is 37.8 Å². The SMILES string of the molecule is CCCn1c(COC(=O)CCOc2ccccc2)nc2cc(S(=O)(=O)N3CCOCC3)ccc21. The Morgan fingerprint density at radius 3 is 2.62 bits per heavy atom. The second-order valence-corrected chi connectivity index (χ2v) is 9.86. The number of rotatable bonds is 10. The van der Waals surface area contributed by atoms with Crippen molar-refractivity contribution in [2.24, 2.45) is 0 Å². The van der Waals surface area contributed by atoms with Gasteiger partial charge in [0.15, 0.2) is 0 Å². The molecule has 0 spiro atoms. The van der Waals surface area contributed by atoms with Crippen LogP contribution in [0.1, 0.15) is 25.6 Å². The number of carbonyl (C=O) groups is 1. The van der Waals surface area contributed by atoms with Gasteiger partial charge in [0, 0.05) is 19.6 Å². The molecule has 10 heteroatoms. The van der Waals surface area contributed by atoms with E-state index in [1.165, 1.54) is 4.31 Å². The number of morpholine rings is 1. The van der Waals surface area contributed by atoms with E-state index in [4.69, 9.17) is 14.2 Å². The van der Waals surface area contributed by atoms with E-state index < -0.39 is 10.0 Å². The van der Waals surface area contributed by atoms with Gasteiger partial charge in [0.25, 0.3) is 0 Å². The summed E-state index contributed by atoms with van der Waals surface area (Å²) in [4.78, 5) is 17.0. The Hall–Kier alpha value is -2.95. The molecule has 0 radical (unpaired) electrons. The molecule has 2 aromatic carbocycles. The van der Waals surface area contributed by atoms with Gasteiger partial charge in [0.1, 0.15) is 18.2 Å². The van der Waals surface area contributed by atoms with Gasteiger partial charge in [-0.25, -0.2) is 13.4 Å². The van der Waals surface area contributed by atoms with Gasteiger partial charge < -0.3 is 18.8 Å². The van der Waals surface area contributed by atoms with E-state index in [0.717, 1.165) is 11.9 Å². The van der Waals surface area contributed by atoms with Crippen LogP contribution in [0.25, 0.3) is 11.0 Å². The molecule has 0 unspecified atom stereocenters. The molecule has 1 aromatic heterocycles. The standard InChI is InChI=1S/C24H29N3O6S/c1-2-11-27-22-9-8-20(34(29,30)26-12-15-31-16-13-26)17-21(22)25-23(27)18-33-24(28)10-14-32-19-6-4-3-5-7-19/h3-9,17H,2,10-16,18H2,1H3. The molecule has 0 bridgehead atoms. The number of esters is 1. The zero-order valence-corrected chi connectivity index (χ0v) is 20.0. The molecular weight excluding hydrogens is 458 g/mol. The molecular formula is C24H29N3O6S. The van der Waals surface area contributed by atoms with E-state index in [9.17, 15) is 13.2 Å². The number of benzene rings is 2. The Morgan fingerprint density at radius 2 is 1.88 bits per heavy atom. The third-order valence-corrected chi connectivity index (χ3v) is 7.43. The Bertz CT molecular complexity index is 1220. The summed E-state index contributed by atoms with van der Waals surface area (Å²) >= 11 is 0. The predicted octanol–water partition coefficient (Wildman–Crippen LogP) is 2.98. The average Bonchev–Trinajstić information content (AvgIpc) is 3.21. The summed E-state index contributed by atoms with van der Waals surface area (Å²) in [5.41, 5.74) is 1.36. The minimum atomic E-state index is -3.62. The smallest absolute Gasteiger partial charge is 0.309 e. The van der Waals surface area contributed by atoms with Gasteiger partial charge in [0.2, 0.25) is 10.0 Å². The summed E-state index contributed by atoms with van der Waals surface area (Å²) in [6, 6.07) is 14.2. The van der Waals surface area contributed by atoms with Crippen molar-refractivity contribution in [3.63, 3.8) is 0 Å². The molecule has 2 heterocycles. The summed E-state index contributed by atoms with van der Waals surface area (Å²) in [5.74, 6) is 0.889. The van der Waals surface area contributed by atoms with Crippen LogP contribution in [0.4, 0.5) is 0 Å². The molecule has 4 rings (SSSR count). The largest absolute Gasteiger partial charge is 0.493 e. The molecule has 0 amide bonds. The van der Waals surface area contributed by atoms with Gasteiger partial charge in [-0.2, -0.15) is 4.31 Å². The van der Waals surface area contributed by atoms with Crippen molar-refractivity contribution in [1.29, 1.82) is 0 Å². The number of sulfonamides is 1. The monoisotopic (exact) mass is 487 g/mol. The maximum Gasteiger partial charge on any atom is 0.309 e. The first-order chi connectivity index (χ1) is 16.5. The van der Waals surface area contributed by atoms with Gasteiger partial charge in [-0.1, -0.05) is 25.1 Å². The number of fused-ring (bicyclic) bond motifs is 1. The molecule has 34 heavy (non-hydrogen) atoms. The molecule has 1 fully saturated rings. The van der Waals surface area contributed by atoms with E-state index >= 15 is 0 Å². The molecule has 0 N–H and O–H groups in total. The van der Waals surface area contributed by atoms with Crippen LogP contribution in [0.5, 0.6) is 5.75 Å². The molecule has 1 aliphatic heterocycles. The summed E-state index contributed by atoms with van der Waals surface area (Å²) in [5, 5.41) is 0. The first kappa shape index (κ1) is 24.2. The number of ether oxygens (including phenoxy) is 3. The number of hydrogen-bond donors (Lipinski definition) is 0. The normalized spacial score (nSPS) is 14.9. The Kier molecular flexibility index (Phi) is 7.81. The van der Waals surface area contributed by atoms with Gasteiger partial charge in [0.05, 0.1) is 42.2 Å². The zero-order valence-electron chi connectivity index (χ0n) is 19.2. The van der Waals surface area contributed by atoms with E-state index in [0.29, 0.717) is 49.9 Å². The van der Waals surface area contributed by atoms with Crippen molar-refractivity contribution < 1.29 is 27.4 Å². The molecule has 0 aliphatic carbocycles. The first-order valence-corrected chi connectivity index (χ1v) is 12.8. The Labute approximate surface area is 199 Å². The lowest BCUT2D eigenvalue weighted by atomic mass is 10.3. The van der Waals surface area contributed by atoms with Crippen LogP contribution in [0, 0.1) is 0 Å². The van der Waals surface area contributed by atoms with E-state index in [1.54, 1.807) is 18.2 Å². The van der Waals surface area contributed by atoms with E-state index in [2.05, 4.69) is 4.98 Å². The van der Waals surface area contributed by atoms with Crippen molar-refractivity contribution in [2.75, 3.05) is 32.9 Å². The number of carbonyl (C=O) groups excluding carboxylic acids is 1. The third-order valence-electron chi connectivity index (χ3n) is 5.53. The highest BCUT2D eigenvalue weighted by atomic mass is 32.2. The van der Waals surface area contributed by atoms with Crippen molar-refractivity contribution in [3.05, 3.63) is 54.4 Å². The molecule has 0 saturated carbocycles. The molecule has 1 aliphatic rings. The minimum absolute atomic E-state index is 0.00436. The van der Waals surface area contributed by atoms with Gasteiger partial charge >= 0.3 is 5.97 Å². The quantitative estimate of drug-likeness (QED) is 0.405. The Balaban J connectivity index is 1.45. The van der Waals surface area contributed by atoms with Crippen molar-refractivity contribution in [3.8, 4) is 5.75 Å². The number of aryl methyl sites for hydroxylation is 1. The average molecular weight is 488 g/mol. The number of para-hydroxylation sites is 1. The van der Waals surface area contributed by atoms with Crippen LogP contribution in [-0.4, -0.2) is 61.2 Å².